The number of rotatable bonds is 5. The van der Waals surface area contributed by atoms with E-state index in [2.05, 4.69) is 10.3 Å². The summed E-state index contributed by atoms with van der Waals surface area (Å²) in [5.74, 6) is -0.933. The first-order valence-electron chi connectivity index (χ1n) is 9.92. The van der Waals surface area contributed by atoms with Gasteiger partial charge in [0.25, 0.3) is 11.8 Å². The third-order valence-electron chi connectivity index (χ3n) is 4.93. The zero-order valence-corrected chi connectivity index (χ0v) is 18.3. The van der Waals surface area contributed by atoms with Gasteiger partial charge in [0.15, 0.2) is 5.13 Å². The second-order valence-electron chi connectivity index (χ2n) is 7.11. The number of nitrogens with zero attached hydrogens (tertiary/aromatic N) is 2. The number of carbonyl (C=O) groups excluding carboxylic acids is 2. The summed E-state index contributed by atoms with van der Waals surface area (Å²) in [7, 11) is 1.57. The van der Waals surface area contributed by atoms with Crippen molar-refractivity contribution in [2.24, 2.45) is 0 Å². The third kappa shape index (κ3) is 4.43. The van der Waals surface area contributed by atoms with Gasteiger partial charge < -0.3 is 5.32 Å². The lowest BCUT2D eigenvalue weighted by Gasteiger charge is -2.18. The van der Waals surface area contributed by atoms with Crippen LogP contribution in [0.15, 0.2) is 72.8 Å². The topological polar surface area (TPSA) is 62.3 Å². The van der Waals surface area contributed by atoms with E-state index in [1.165, 1.54) is 28.4 Å². The first-order chi connectivity index (χ1) is 15.5. The summed E-state index contributed by atoms with van der Waals surface area (Å²) in [6, 6.07) is 19.1. The number of fused-ring (bicyclic) bond motifs is 1. The number of hydrogen-bond donors (Lipinski definition) is 1. The Morgan fingerprint density at radius 1 is 1.06 bits per heavy atom. The molecule has 3 aromatic carbocycles. The number of benzene rings is 3. The fourth-order valence-corrected chi connectivity index (χ4v) is 4.13. The van der Waals surface area contributed by atoms with Crippen LogP contribution in [-0.4, -0.2) is 23.8 Å². The van der Waals surface area contributed by atoms with Crippen LogP contribution in [0.5, 0.6) is 0 Å². The van der Waals surface area contributed by atoms with Gasteiger partial charge in [0.2, 0.25) is 0 Å². The number of nitrogens with one attached hydrogen (secondary N) is 1. The van der Waals surface area contributed by atoms with E-state index in [1.54, 1.807) is 56.4 Å². The molecule has 1 N–H and O–H groups in total. The standard InChI is InChI=1S/C25H20FN3O2S/c1-16-7-13-19(15-20(16)26)29(25-28-21-5-3-4-6-22(21)32-25)23(30)14-10-17-8-11-18(12-9-17)24(31)27-2/h3-15H,1-2H3,(H,27,31)/b14-10+. The lowest BCUT2D eigenvalue weighted by molar-refractivity contribution is -0.113. The maximum absolute atomic E-state index is 14.3. The molecule has 0 spiro atoms. The number of hydrogen-bond acceptors (Lipinski definition) is 4. The smallest absolute Gasteiger partial charge is 0.257 e. The van der Waals surface area contributed by atoms with Crippen LogP contribution in [0.1, 0.15) is 21.5 Å². The highest BCUT2D eigenvalue weighted by Gasteiger charge is 2.21. The van der Waals surface area contributed by atoms with Crippen LogP contribution < -0.4 is 10.2 Å². The fourth-order valence-electron chi connectivity index (χ4n) is 3.14. The molecule has 2 amide bonds. The molecule has 4 aromatic rings. The number of carbonyl (C=O) groups is 2. The average molecular weight is 446 g/mol. The fraction of sp³-hybridized carbons (Fsp3) is 0.0800. The van der Waals surface area contributed by atoms with E-state index in [0.717, 1.165) is 15.8 Å². The molecule has 0 radical (unpaired) electrons. The Hall–Kier alpha value is -3.84. The van der Waals surface area contributed by atoms with Gasteiger partial charge in [-0.1, -0.05) is 41.7 Å². The molecular formula is C25H20FN3O2S. The first-order valence-corrected chi connectivity index (χ1v) is 10.7. The molecular weight excluding hydrogens is 425 g/mol. The number of anilines is 2. The molecule has 0 bridgehead atoms. The van der Waals surface area contributed by atoms with E-state index in [0.29, 0.717) is 21.9 Å². The van der Waals surface area contributed by atoms with Gasteiger partial charge >= 0.3 is 0 Å². The lowest BCUT2D eigenvalue weighted by atomic mass is 10.1. The monoisotopic (exact) mass is 445 g/mol. The molecule has 7 heteroatoms. The second kappa shape index (κ2) is 9.11. The molecule has 0 saturated carbocycles. The van der Waals surface area contributed by atoms with Gasteiger partial charge in [0.05, 0.1) is 15.9 Å². The molecule has 4 rings (SSSR count). The van der Waals surface area contributed by atoms with Crippen LogP contribution >= 0.6 is 11.3 Å². The van der Waals surface area contributed by atoms with E-state index < -0.39 is 5.82 Å². The van der Waals surface area contributed by atoms with Crippen LogP contribution in [0.25, 0.3) is 16.3 Å². The van der Waals surface area contributed by atoms with E-state index in [9.17, 15) is 14.0 Å². The molecule has 0 fully saturated rings. The average Bonchev–Trinajstić information content (AvgIpc) is 3.23. The largest absolute Gasteiger partial charge is 0.355 e. The molecule has 5 nitrogen and oxygen atoms in total. The Morgan fingerprint density at radius 3 is 2.50 bits per heavy atom. The minimum absolute atomic E-state index is 0.181. The minimum Gasteiger partial charge on any atom is -0.355 e. The van der Waals surface area contributed by atoms with E-state index in [-0.39, 0.29) is 11.8 Å². The number of halogens is 1. The Morgan fingerprint density at radius 2 is 1.81 bits per heavy atom. The maximum Gasteiger partial charge on any atom is 0.257 e. The van der Waals surface area contributed by atoms with Crippen molar-refractivity contribution in [2.45, 2.75) is 6.92 Å². The molecule has 160 valence electrons. The van der Waals surface area contributed by atoms with Crippen molar-refractivity contribution >= 4 is 50.3 Å². The zero-order chi connectivity index (χ0) is 22.7. The zero-order valence-electron chi connectivity index (χ0n) is 17.5. The predicted octanol–water partition coefficient (Wildman–Crippen LogP) is 5.48. The van der Waals surface area contributed by atoms with Gasteiger partial charge in [-0.25, -0.2) is 9.37 Å². The summed E-state index contributed by atoms with van der Waals surface area (Å²) >= 11 is 1.36. The van der Waals surface area contributed by atoms with Gasteiger partial charge in [-0.3, -0.25) is 14.5 Å². The van der Waals surface area contributed by atoms with Crippen molar-refractivity contribution in [1.29, 1.82) is 0 Å². The van der Waals surface area contributed by atoms with Crippen LogP contribution in [0.4, 0.5) is 15.2 Å². The van der Waals surface area contributed by atoms with Crippen molar-refractivity contribution in [1.82, 2.24) is 10.3 Å². The number of thiazole rings is 1. The minimum atomic E-state index is -0.393. The molecule has 1 heterocycles. The highest BCUT2D eigenvalue weighted by Crippen LogP contribution is 2.34. The number of para-hydroxylation sites is 1. The molecule has 0 aliphatic carbocycles. The van der Waals surface area contributed by atoms with Crippen molar-refractivity contribution in [3.8, 4) is 0 Å². The Kier molecular flexibility index (Phi) is 6.09. The summed E-state index contributed by atoms with van der Waals surface area (Å²) < 4.78 is 15.2. The summed E-state index contributed by atoms with van der Waals surface area (Å²) in [4.78, 5) is 30.9. The Labute approximate surface area is 188 Å². The van der Waals surface area contributed by atoms with Crippen molar-refractivity contribution < 1.29 is 14.0 Å². The van der Waals surface area contributed by atoms with Gasteiger partial charge in [-0.05, 0) is 60.5 Å². The van der Waals surface area contributed by atoms with E-state index >= 15 is 0 Å². The van der Waals surface area contributed by atoms with Gasteiger partial charge in [0.1, 0.15) is 5.82 Å². The second-order valence-corrected chi connectivity index (χ2v) is 8.11. The summed E-state index contributed by atoms with van der Waals surface area (Å²) in [5, 5.41) is 3.02. The first kappa shape index (κ1) is 21.4. The lowest BCUT2D eigenvalue weighted by Crippen LogP contribution is -2.23. The van der Waals surface area contributed by atoms with Crippen LogP contribution in [0, 0.1) is 12.7 Å². The molecule has 0 atom stereocenters. The van der Waals surface area contributed by atoms with Crippen LogP contribution in [0.2, 0.25) is 0 Å². The molecule has 0 aliphatic rings. The Bertz CT molecular complexity index is 1300. The van der Waals surface area contributed by atoms with Crippen LogP contribution in [-0.2, 0) is 4.79 Å². The molecule has 0 aliphatic heterocycles. The summed E-state index contributed by atoms with van der Waals surface area (Å²) in [6.07, 6.45) is 3.07. The SMILES string of the molecule is CNC(=O)c1ccc(/C=C/C(=O)N(c2ccc(C)c(F)c2)c2nc3ccccc3s2)cc1. The molecule has 0 unspecified atom stereocenters. The highest BCUT2D eigenvalue weighted by molar-refractivity contribution is 7.22. The molecule has 0 saturated heterocycles. The van der Waals surface area contributed by atoms with E-state index in [1.807, 2.05) is 24.3 Å². The predicted molar refractivity (Wildman–Crippen MR) is 127 cm³/mol. The summed E-state index contributed by atoms with van der Waals surface area (Å²) in [6.45, 7) is 1.67. The quantitative estimate of drug-likeness (QED) is 0.414. The maximum atomic E-state index is 14.3. The van der Waals surface area contributed by atoms with E-state index in [4.69, 9.17) is 0 Å². The van der Waals surface area contributed by atoms with Crippen LogP contribution in [0.3, 0.4) is 0 Å². The number of aromatic nitrogens is 1. The number of amides is 2. The van der Waals surface area contributed by atoms with Gasteiger partial charge in [-0.15, -0.1) is 0 Å². The van der Waals surface area contributed by atoms with Crippen molar-refractivity contribution in [3.05, 3.63) is 95.3 Å². The third-order valence-corrected chi connectivity index (χ3v) is 5.95. The van der Waals surface area contributed by atoms with Crippen molar-refractivity contribution in [3.63, 3.8) is 0 Å². The summed E-state index contributed by atoms with van der Waals surface area (Å²) in [5.41, 5.74) is 2.95. The molecule has 32 heavy (non-hydrogen) atoms. The van der Waals surface area contributed by atoms with Crippen molar-refractivity contribution in [2.75, 3.05) is 11.9 Å². The normalized spacial score (nSPS) is 11.1. The van der Waals surface area contributed by atoms with Gasteiger partial charge in [-0.2, -0.15) is 0 Å². The van der Waals surface area contributed by atoms with Gasteiger partial charge in [0, 0.05) is 18.7 Å². The molecule has 1 aromatic heterocycles. The number of aryl methyl sites for hydroxylation is 1. The Balaban J connectivity index is 1.69. The highest BCUT2D eigenvalue weighted by atomic mass is 32.1.